The van der Waals surface area contributed by atoms with E-state index in [0.717, 1.165) is 5.56 Å². The monoisotopic (exact) mass is 269 g/mol. The highest BCUT2D eigenvalue weighted by Gasteiger charge is 2.08. The van der Waals surface area contributed by atoms with E-state index in [1.165, 1.54) is 6.21 Å². The molecule has 0 spiro atoms. The van der Waals surface area contributed by atoms with Gasteiger partial charge in [-0.3, -0.25) is 0 Å². The second-order valence-electron chi connectivity index (χ2n) is 4.07. The molecular weight excluding hydrogens is 254 g/mol. The molecule has 2 aromatic carbocycles. The Kier molecular flexibility index (Phi) is 5.03. The summed E-state index contributed by atoms with van der Waals surface area (Å²) in [5.74, 6) is -0.496. The average Bonchev–Trinajstić information content (AvgIpc) is 2.53. The minimum Gasteiger partial charge on any atom is -0.371 e. The number of hydrogen-bond donors (Lipinski definition) is 0. The average molecular weight is 269 g/mol. The van der Waals surface area contributed by atoms with Crippen molar-refractivity contribution in [3.05, 3.63) is 71.8 Å². The van der Waals surface area contributed by atoms with Crippen molar-refractivity contribution < 1.29 is 14.4 Å². The number of benzene rings is 2. The minimum atomic E-state index is -0.496. The molecule has 0 heterocycles. The fourth-order valence-corrected chi connectivity index (χ4v) is 1.69. The van der Waals surface area contributed by atoms with Gasteiger partial charge in [0.05, 0.1) is 11.8 Å². The van der Waals surface area contributed by atoms with Crippen molar-refractivity contribution in [2.45, 2.75) is 6.10 Å². The molecule has 0 radical (unpaired) electrons. The molecule has 0 saturated carbocycles. The molecule has 0 aliphatic carbocycles. The van der Waals surface area contributed by atoms with Crippen LogP contribution in [0, 0.1) is 0 Å². The van der Waals surface area contributed by atoms with E-state index < -0.39 is 5.97 Å². The van der Waals surface area contributed by atoms with Crippen LogP contribution in [0.2, 0.25) is 0 Å². The van der Waals surface area contributed by atoms with Gasteiger partial charge in [-0.05, 0) is 17.7 Å². The fourth-order valence-electron chi connectivity index (χ4n) is 1.69. The number of carbonyl (C=O) groups is 1. The maximum atomic E-state index is 11.7. The summed E-state index contributed by atoms with van der Waals surface area (Å²) in [5, 5.41) is 3.70. The van der Waals surface area contributed by atoms with Crippen molar-refractivity contribution in [3.63, 3.8) is 0 Å². The van der Waals surface area contributed by atoms with Crippen molar-refractivity contribution in [3.8, 4) is 0 Å². The van der Waals surface area contributed by atoms with Crippen LogP contribution in [0.1, 0.15) is 22.0 Å². The first-order chi connectivity index (χ1) is 9.81. The normalized spacial score (nSPS) is 12.2. The summed E-state index contributed by atoms with van der Waals surface area (Å²) in [4.78, 5) is 16.5. The van der Waals surface area contributed by atoms with Crippen molar-refractivity contribution in [2.75, 3.05) is 7.11 Å². The molecular formula is C16H15NO3. The predicted molar refractivity (Wildman–Crippen MR) is 76.5 cm³/mol. The first-order valence-electron chi connectivity index (χ1n) is 6.19. The number of methoxy groups -OCH3 is 1. The third-order valence-electron chi connectivity index (χ3n) is 2.72. The molecule has 0 saturated heterocycles. The SMILES string of the molecule is CO[C@H](/C=N/OC(=O)c1ccccc1)c1ccccc1. The van der Waals surface area contributed by atoms with E-state index >= 15 is 0 Å². The van der Waals surface area contributed by atoms with E-state index in [-0.39, 0.29) is 6.10 Å². The highest BCUT2D eigenvalue weighted by atomic mass is 16.7. The van der Waals surface area contributed by atoms with Crippen molar-refractivity contribution >= 4 is 12.2 Å². The van der Waals surface area contributed by atoms with Gasteiger partial charge in [0.15, 0.2) is 0 Å². The lowest BCUT2D eigenvalue weighted by atomic mass is 10.1. The molecule has 0 fully saturated rings. The van der Waals surface area contributed by atoms with E-state index in [9.17, 15) is 4.79 Å². The van der Waals surface area contributed by atoms with E-state index in [2.05, 4.69) is 5.16 Å². The molecule has 1 atom stereocenters. The molecule has 2 aromatic rings. The Labute approximate surface area is 117 Å². The Morgan fingerprint density at radius 1 is 1.05 bits per heavy atom. The number of rotatable bonds is 5. The second-order valence-corrected chi connectivity index (χ2v) is 4.07. The Morgan fingerprint density at radius 2 is 1.65 bits per heavy atom. The van der Waals surface area contributed by atoms with Crippen LogP contribution >= 0.6 is 0 Å². The number of hydrogen-bond acceptors (Lipinski definition) is 4. The van der Waals surface area contributed by atoms with Crippen LogP contribution < -0.4 is 0 Å². The van der Waals surface area contributed by atoms with Crippen LogP contribution in [-0.4, -0.2) is 19.3 Å². The van der Waals surface area contributed by atoms with Gasteiger partial charge in [0.2, 0.25) is 0 Å². The van der Waals surface area contributed by atoms with Crippen LogP contribution in [0.5, 0.6) is 0 Å². The number of carbonyl (C=O) groups excluding carboxylic acids is 1. The third-order valence-corrected chi connectivity index (χ3v) is 2.72. The summed E-state index contributed by atoms with van der Waals surface area (Å²) in [6, 6.07) is 18.3. The summed E-state index contributed by atoms with van der Waals surface area (Å²) in [7, 11) is 1.57. The lowest BCUT2D eigenvalue weighted by Gasteiger charge is -2.09. The van der Waals surface area contributed by atoms with E-state index in [1.807, 2.05) is 36.4 Å². The highest BCUT2D eigenvalue weighted by Crippen LogP contribution is 2.13. The predicted octanol–water partition coefficient (Wildman–Crippen LogP) is 3.22. The van der Waals surface area contributed by atoms with Crippen LogP contribution in [0.15, 0.2) is 65.8 Å². The van der Waals surface area contributed by atoms with Crippen LogP contribution in [-0.2, 0) is 9.57 Å². The summed E-state index contributed by atoms with van der Waals surface area (Å²) < 4.78 is 5.28. The van der Waals surface area contributed by atoms with Gasteiger partial charge >= 0.3 is 5.97 Å². The van der Waals surface area contributed by atoms with Gasteiger partial charge in [0, 0.05) is 7.11 Å². The maximum absolute atomic E-state index is 11.7. The molecule has 0 aliphatic rings. The standard InChI is InChI=1S/C16H15NO3/c1-19-15(13-8-4-2-5-9-13)12-17-20-16(18)14-10-6-3-7-11-14/h2-12,15H,1H3/b17-12+/t15-/m1/s1. The second kappa shape index (κ2) is 7.21. The van der Waals surface area contributed by atoms with Gasteiger partial charge < -0.3 is 9.57 Å². The molecule has 102 valence electrons. The summed E-state index contributed by atoms with van der Waals surface area (Å²) >= 11 is 0. The van der Waals surface area contributed by atoms with Crippen LogP contribution in [0.25, 0.3) is 0 Å². The van der Waals surface area contributed by atoms with Gasteiger partial charge in [-0.1, -0.05) is 53.7 Å². The zero-order valence-electron chi connectivity index (χ0n) is 11.1. The van der Waals surface area contributed by atoms with Crippen molar-refractivity contribution in [1.82, 2.24) is 0 Å². The summed E-state index contributed by atoms with van der Waals surface area (Å²) in [6.07, 6.45) is 1.11. The van der Waals surface area contributed by atoms with Gasteiger partial charge in [-0.2, -0.15) is 0 Å². The molecule has 0 aromatic heterocycles. The maximum Gasteiger partial charge on any atom is 0.365 e. The lowest BCUT2D eigenvalue weighted by Crippen LogP contribution is -2.05. The Balaban J connectivity index is 1.97. The topological polar surface area (TPSA) is 47.9 Å². The van der Waals surface area contributed by atoms with Crippen LogP contribution in [0.3, 0.4) is 0 Å². The van der Waals surface area contributed by atoms with Gasteiger partial charge in [0.1, 0.15) is 6.10 Å². The number of nitrogens with zero attached hydrogens (tertiary/aromatic N) is 1. The largest absolute Gasteiger partial charge is 0.371 e. The zero-order chi connectivity index (χ0) is 14.2. The summed E-state index contributed by atoms with van der Waals surface area (Å²) in [5.41, 5.74) is 1.40. The zero-order valence-corrected chi connectivity index (χ0v) is 11.1. The molecule has 0 bridgehead atoms. The quantitative estimate of drug-likeness (QED) is 0.475. The first kappa shape index (κ1) is 14.0. The molecule has 0 aliphatic heterocycles. The van der Waals surface area contributed by atoms with Crippen LogP contribution in [0.4, 0.5) is 0 Å². The Hall–Kier alpha value is -2.46. The molecule has 0 unspecified atom stereocenters. The number of oxime groups is 1. The lowest BCUT2D eigenvalue weighted by molar-refractivity contribution is 0.0511. The van der Waals surface area contributed by atoms with Gasteiger partial charge in [-0.25, -0.2) is 4.79 Å². The van der Waals surface area contributed by atoms with E-state index in [1.54, 1.807) is 31.4 Å². The van der Waals surface area contributed by atoms with Gasteiger partial charge in [-0.15, -0.1) is 0 Å². The molecule has 4 heteroatoms. The Bertz CT molecular complexity index is 567. The molecule has 2 rings (SSSR count). The van der Waals surface area contributed by atoms with Crippen molar-refractivity contribution in [1.29, 1.82) is 0 Å². The van der Waals surface area contributed by atoms with Crippen molar-refractivity contribution in [2.24, 2.45) is 5.16 Å². The smallest absolute Gasteiger partial charge is 0.365 e. The molecule has 0 N–H and O–H groups in total. The van der Waals surface area contributed by atoms with E-state index in [0.29, 0.717) is 5.56 Å². The van der Waals surface area contributed by atoms with E-state index in [4.69, 9.17) is 9.57 Å². The third kappa shape index (κ3) is 3.76. The molecule has 4 nitrogen and oxygen atoms in total. The molecule has 20 heavy (non-hydrogen) atoms. The number of ether oxygens (including phenoxy) is 1. The highest BCUT2D eigenvalue weighted by molar-refractivity contribution is 5.89. The Morgan fingerprint density at radius 3 is 2.25 bits per heavy atom. The molecule has 0 amide bonds. The van der Waals surface area contributed by atoms with Gasteiger partial charge in [0.25, 0.3) is 0 Å². The summed E-state index contributed by atoms with van der Waals surface area (Å²) in [6.45, 7) is 0. The first-order valence-corrected chi connectivity index (χ1v) is 6.19. The minimum absolute atomic E-state index is 0.347. The fraction of sp³-hybridized carbons (Fsp3) is 0.125.